The fraction of sp³-hybridized carbons (Fsp3) is 0.0909. The first-order chi connectivity index (χ1) is 7.27. The maximum Gasteiger partial charge on any atom is 0.166 e. The van der Waals surface area contributed by atoms with Crippen LogP contribution in [-0.2, 0) is 0 Å². The van der Waals surface area contributed by atoms with Crippen LogP contribution >= 0.6 is 11.6 Å². The van der Waals surface area contributed by atoms with Gasteiger partial charge in [-0.3, -0.25) is 4.40 Å². The van der Waals surface area contributed by atoms with E-state index in [-0.39, 0.29) is 0 Å². The molecule has 0 aromatic carbocycles. The summed E-state index contributed by atoms with van der Waals surface area (Å²) in [5.41, 5.74) is 3.59. The Kier molecular flexibility index (Phi) is 1.70. The van der Waals surface area contributed by atoms with Gasteiger partial charge in [-0.25, -0.2) is 9.97 Å². The Hall–Kier alpha value is -1.61. The highest BCUT2D eigenvalue weighted by Crippen LogP contribution is 2.22. The first kappa shape index (κ1) is 8.68. The zero-order chi connectivity index (χ0) is 10.4. The van der Waals surface area contributed by atoms with Crippen LogP contribution in [0.25, 0.3) is 16.8 Å². The second kappa shape index (κ2) is 2.94. The van der Waals surface area contributed by atoms with Gasteiger partial charge in [-0.2, -0.15) is 0 Å². The molecule has 3 rings (SSSR count). The molecular weight excluding hydrogens is 210 g/mol. The maximum absolute atomic E-state index is 6.07. The zero-order valence-electron chi connectivity index (χ0n) is 8.11. The van der Waals surface area contributed by atoms with Crippen molar-refractivity contribution >= 4 is 28.4 Å². The van der Waals surface area contributed by atoms with Crippen molar-refractivity contribution in [1.82, 2.24) is 14.4 Å². The van der Waals surface area contributed by atoms with E-state index in [0.29, 0.717) is 5.02 Å². The van der Waals surface area contributed by atoms with Crippen LogP contribution in [0.15, 0.2) is 30.6 Å². The van der Waals surface area contributed by atoms with E-state index in [9.17, 15) is 0 Å². The number of aromatic nitrogens is 3. The van der Waals surface area contributed by atoms with Crippen LogP contribution in [0.1, 0.15) is 5.56 Å². The van der Waals surface area contributed by atoms with E-state index in [1.165, 1.54) is 0 Å². The Morgan fingerprint density at radius 1 is 1.27 bits per heavy atom. The Bertz CT molecular complexity index is 601. The summed E-state index contributed by atoms with van der Waals surface area (Å²) in [6.45, 7) is 2.02. The molecule has 0 bridgehead atoms. The van der Waals surface area contributed by atoms with Crippen LogP contribution in [0, 0.1) is 6.92 Å². The molecule has 3 aromatic rings. The van der Waals surface area contributed by atoms with Crippen molar-refractivity contribution in [2.45, 2.75) is 6.92 Å². The Balaban J connectivity index is 2.63. The highest BCUT2D eigenvalue weighted by molar-refractivity contribution is 6.34. The molecule has 0 aliphatic rings. The molecule has 0 aliphatic heterocycles. The lowest BCUT2D eigenvalue weighted by atomic mass is 10.3. The second-order valence-electron chi connectivity index (χ2n) is 3.46. The van der Waals surface area contributed by atoms with Gasteiger partial charge in [-0.15, -0.1) is 0 Å². The lowest BCUT2D eigenvalue weighted by Gasteiger charge is -1.96. The maximum atomic E-state index is 6.07. The summed E-state index contributed by atoms with van der Waals surface area (Å²) in [6, 6.07) is 5.76. The van der Waals surface area contributed by atoms with Crippen molar-refractivity contribution in [2.24, 2.45) is 0 Å². The van der Waals surface area contributed by atoms with Gasteiger partial charge >= 0.3 is 0 Å². The summed E-state index contributed by atoms with van der Waals surface area (Å²) in [7, 11) is 0. The molecule has 0 spiro atoms. The van der Waals surface area contributed by atoms with Crippen LogP contribution < -0.4 is 0 Å². The summed E-state index contributed by atoms with van der Waals surface area (Å²) in [5.74, 6) is 0. The number of halogens is 1. The number of fused-ring (bicyclic) bond motifs is 3. The molecule has 15 heavy (non-hydrogen) atoms. The molecule has 0 N–H and O–H groups in total. The number of imidazole rings is 1. The lowest BCUT2D eigenvalue weighted by molar-refractivity contribution is 1.16. The highest BCUT2D eigenvalue weighted by Gasteiger charge is 2.09. The molecule has 0 aliphatic carbocycles. The van der Waals surface area contributed by atoms with Crippen LogP contribution in [0.2, 0.25) is 5.02 Å². The largest absolute Gasteiger partial charge is 0.284 e. The minimum absolute atomic E-state index is 0.642. The molecule has 3 heterocycles. The molecular formula is C11H8ClN3. The monoisotopic (exact) mass is 217 g/mol. The quantitative estimate of drug-likeness (QED) is 0.580. The van der Waals surface area contributed by atoms with Gasteiger partial charge in [0.25, 0.3) is 0 Å². The van der Waals surface area contributed by atoms with E-state index < -0.39 is 0 Å². The molecule has 74 valence electrons. The van der Waals surface area contributed by atoms with Crippen molar-refractivity contribution < 1.29 is 0 Å². The van der Waals surface area contributed by atoms with Crippen LogP contribution in [0.4, 0.5) is 0 Å². The normalized spacial score (nSPS) is 11.3. The number of nitrogens with zero attached hydrogens (tertiary/aromatic N) is 3. The summed E-state index contributed by atoms with van der Waals surface area (Å²) in [5, 5.41) is 0.642. The smallest absolute Gasteiger partial charge is 0.166 e. The Morgan fingerprint density at radius 2 is 2.13 bits per heavy atom. The predicted octanol–water partition coefficient (Wildman–Crippen LogP) is 2.84. The van der Waals surface area contributed by atoms with Crippen molar-refractivity contribution in [3.05, 3.63) is 41.2 Å². The Labute approximate surface area is 91.3 Å². The molecule has 4 heteroatoms. The number of rotatable bonds is 0. The van der Waals surface area contributed by atoms with Gasteiger partial charge in [0.05, 0.1) is 5.02 Å². The fourth-order valence-corrected chi connectivity index (χ4v) is 1.91. The van der Waals surface area contributed by atoms with Crippen molar-refractivity contribution in [3.63, 3.8) is 0 Å². The van der Waals surface area contributed by atoms with Crippen molar-refractivity contribution in [1.29, 1.82) is 0 Å². The van der Waals surface area contributed by atoms with E-state index >= 15 is 0 Å². The number of aryl methyl sites for hydroxylation is 1. The average molecular weight is 218 g/mol. The van der Waals surface area contributed by atoms with E-state index in [1.807, 2.05) is 29.7 Å². The molecule has 0 radical (unpaired) electrons. The topological polar surface area (TPSA) is 30.2 Å². The van der Waals surface area contributed by atoms with Gasteiger partial charge in [0.15, 0.2) is 5.65 Å². The van der Waals surface area contributed by atoms with Gasteiger partial charge in [0, 0.05) is 12.4 Å². The molecule has 3 nitrogen and oxygen atoms in total. The van der Waals surface area contributed by atoms with E-state index in [2.05, 4.69) is 9.97 Å². The predicted molar refractivity (Wildman–Crippen MR) is 60.2 cm³/mol. The third kappa shape index (κ3) is 1.13. The molecule has 0 saturated heterocycles. The van der Waals surface area contributed by atoms with Gasteiger partial charge < -0.3 is 0 Å². The SMILES string of the molecule is Cc1cccn2c1nc1c(Cl)ccnc12. The number of hydrogen-bond acceptors (Lipinski definition) is 2. The molecule has 3 aromatic heterocycles. The van der Waals surface area contributed by atoms with Gasteiger partial charge in [0.1, 0.15) is 11.2 Å². The summed E-state index contributed by atoms with van der Waals surface area (Å²) in [4.78, 5) is 8.77. The van der Waals surface area contributed by atoms with Crippen molar-refractivity contribution in [2.75, 3.05) is 0 Å². The van der Waals surface area contributed by atoms with E-state index in [1.54, 1.807) is 12.3 Å². The van der Waals surface area contributed by atoms with Crippen LogP contribution in [-0.4, -0.2) is 14.4 Å². The van der Waals surface area contributed by atoms with Gasteiger partial charge in [-0.1, -0.05) is 17.7 Å². The first-order valence-electron chi connectivity index (χ1n) is 4.65. The standard InChI is InChI=1S/C11H8ClN3/c1-7-3-2-6-15-10(7)14-9-8(12)4-5-13-11(9)15/h2-6H,1H3. The van der Waals surface area contributed by atoms with E-state index in [4.69, 9.17) is 11.6 Å². The van der Waals surface area contributed by atoms with E-state index in [0.717, 1.165) is 22.4 Å². The minimum Gasteiger partial charge on any atom is -0.284 e. The summed E-state index contributed by atoms with van der Waals surface area (Å²) in [6.07, 6.45) is 3.64. The molecule has 0 amide bonds. The fourth-order valence-electron chi connectivity index (χ4n) is 1.73. The van der Waals surface area contributed by atoms with Crippen molar-refractivity contribution in [3.8, 4) is 0 Å². The average Bonchev–Trinajstić information content (AvgIpc) is 2.60. The summed E-state index contributed by atoms with van der Waals surface area (Å²) >= 11 is 6.07. The van der Waals surface area contributed by atoms with Crippen LogP contribution in [0.5, 0.6) is 0 Å². The van der Waals surface area contributed by atoms with Crippen LogP contribution in [0.3, 0.4) is 0 Å². The molecule has 0 fully saturated rings. The molecule has 0 unspecified atom stereocenters. The van der Waals surface area contributed by atoms with Gasteiger partial charge in [0.2, 0.25) is 0 Å². The first-order valence-corrected chi connectivity index (χ1v) is 5.03. The Morgan fingerprint density at radius 3 is 3.00 bits per heavy atom. The highest BCUT2D eigenvalue weighted by atomic mass is 35.5. The minimum atomic E-state index is 0.642. The number of hydrogen-bond donors (Lipinski definition) is 0. The van der Waals surface area contributed by atoms with Gasteiger partial charge in [-0.05, 0) is 24.6 Å². The number of pyridine rings is 2. The molecule has 0 atom stereocenters. The summed E-state index contributed by atoms with van der Waals surface area (Å²) < 4.78 is 1.95. The third-order valence-corrected chi connectivity index (χ3v) is 2.77. The zero-order valence-corrected chi connectivity index (χ0v) is 8.86. The third-order valence-electron chi connectivity index (χ3n) is 2.46. The lowest BCUT2D eigenvalue weighted by Crippen LogP contribution is -1.87. The molecule has 0 saturated carbocycles. The second-order valence-corrected chi connectivity index (χ2v) is 3.87.